The summed E-state index contributed by atoms with van der Waals surface area (Å²) < 4.78 is 5.51. The molecule has 4 nitrogen and oxygen atoms in total. The first-order valence-corrected chi connectivity index (χ1v) is 8.81. The molecule has 0 bridgehead atoms. The van der Waals surface area contributed by atoms with Crippen LogP contribution >= 0.6 is 0 Å². The zero-order valence-corrected chi connectivity index (χ0v) is 14.2. The predicted octanol–water partition coefficient (Wildman–Crippen LogP) is 2.36. The lowest BCUT2D eigenvalue weighted by atomic mass is 9.82. The highest BCUT2D eigenvalue weighted by Crippen LogP contribution is 2.40. The number of amides is 1. The molecular formula is C21H23NO3. The molecule has 4 heteroatoms. The second-order valence-electron chi connectivity index (χ2n) is 7.25. The quantitative estimate of drug-likeness (QED) is 0.932. The lowest BCUT2D eigenvalue weighted by molar-refractivity contribution is -0.130. The van der Waals surface area contributed by atoms with Gasteiger partial charge in [0.05, 0.1) is 26.2 Å². The number of hydrogen-bond donors (Lipinski definition) is 1. The van der Waals surface area contributed by atoms with Crippen molar-refractivity contribution >= 4 is 5.91 Å². The standard InChI is InChI=1S/C21H23NO3/c23-14-21-13-22(11-19(21)12-25-15-21)20(24)10-16-6-8-18(9-7-16)17-4-2-1-3-5-17/h1-9,19,23H,10-15H2/t19-,21-/m0/s1. The molecule has 2 aliphatic heterocycles. The lowest BCUT2D eigenvalue weighted by Gasteiger charge is -2.24. The van der Waals surface area contributed by atoms with Gasteiger partial charge in [-0.05, 0) is 16.7 Å². The summed E-state index contributed by atoms with van der Waals surface area (Å²) in [5, 5.41) is 9.74. The fraction of sp³-hybridized carbons (Fsp3) is 0.381. The molecule has 130 valence electrons. The van der Waals surface area contributed by atoms with Gasteiger partial charge in [-0.2, -0.15) is 0 Å². The fourth-order valence-corrected chi connectivity index (χ4v) is 3.98. The Morgan fingerprint density at radius 3 is 2.52 bits per heavy atom. The first-order valence-electron chi connectivity index (χ1n) is 8.81. The Labute approximate surface area is 148 Å². The third-order valence-corrected chi connectivity index (χ3v) is 5.61. The van der Waals surface area contributed by atoms with Crippen molar-refractivity contribution in [1.29, 1.82) is 0 Å². The Bertz CT molecular complexity index is 743. The smallest absolute Gasteiger partial charge is 0.227 e. The van der Waals surface area contributed by atoms with Crippen molar-refractivity contribution < 1.29 is 14.6 Å². The molecule has 2 aliphatic rings. The Hall–Kier alpha value is -2.17. The Morgan fingerprint density at radius 2 is 1.84 bits per heavy atom. The summed E-state index contributed by atoms with van der Waals surface area (Å²) in [4.78, 5) is 14.6. The second-order valence-corrected chi connectivity index (χ2v) is 7.25. The van der Waals surface area contributed by atoms with Gasteiger partial charge in [0, 0.05) is 24.4 Å². The summed E-state index contributed by atoms with van der Waals surface area (Å²) in [6.45, 7) is 2.60. The van der Waals surface area contributed by atoms with Crippen LogP contribution in [0.5, 0.6) is 0 Å². The van der Waals surface area contributed by atoms with Crippen LogP contribution in [0.2, 0.25) is 0 Å². The molecule has 0 saturated carbocycles. The minimum atomic E-state index is -0.243. The zero-order chi connectivity index (χ0) is 17.3. The van der Waals surface area contributed by atoms with E-state index in [1.807, 2.05) is 35.2 Å². The molecule has 2 aromatic carbocycles. The molecule has 0 aliphatic carbocycles. The number of hydrogen-bond acceptors (Lipinski definition) is 3. The number of aliphatic hydroxyl groups excluding tert-OH is 1. The van der Waals surface area contributed by atoms with Crippen LogP contribution in [-0.2, 0) is 16.0 Å². The highest BCUT2D eigenvalue weighted by atomic mass is 16.5. The number of ether oxygens (including phenoxy) is 1. The van der Waals surface area contributed by atoms with Crippen LogP contribution in [0.3, 0.4) is 0 Å². The van der Waals surface area contributed by atoms with Crippen LogP contribution in [0, 0.1) is 11.3 Å². The second kappa shape index (κ2) is 6.62. The van der Waals surface area contributed by atoms with Gasteiger partial charge < -0.3 is 14.7 Å². The van der Waals surface area contributed by atoms with Gasteiger partial charge in [-0.15, -0.1) is 0 Å². The Kier molecular flexibility index (Phi) is 4.32. The Balaban J connectivity index is 1.42. The van der Waals surface area contributed by atoms with Crippen molar-refractivity contribution in [2.24, 2.45) is 11.3 Å². The van der Waals surface area contributed by atoms with Crippen molar-refractivity contribution in [3.05, 3.63) is 60.2 Å². The zero-order valence-electron chi connectivity index (χ0n) is 14.2. The number of nitrogens with zero attached hydrogens (tertiary/aromatic N) is 1. The van der Waals surface area contributed by atoms with Gasteiger partial charge in [0.25, 0.3) is 0 Å². The monoisotopic (exact) mass is 337 g/mol. The molecule has 4 rings (SSSR count). The van der Waals surface area contributed by atoms with Gasteiger partial charge in [-0.3, -0.25) is 4.79 Å². The summed E-state index contributed by atoms with van der Waals surface area (Å²) in [5.74, 6) is 0.400. The maximum absolute atomic E-state index is 12.7. The van der Waals surface area contributed by atoms with Crippen LogP contribution in [0.4, 0.5) is 0 Å². The number of aliphatic hydroxyl groups is 1. The van der Waals surface area contributed by atoms with Gasteiger partial charge in [-0.25, -0.2) is 0 Å². The minimum Gasteiger partial charge on any atom is -0.396 e. The topological polar surface area (TPSA) is 49.8 Å². The highest BCUT2D eigenvalue weighted by molar-refractivity contribution is 5.79. The van der Waals surface area contributed by atoms with Crippen molar-refractivity contribution in [2.45, 2.75) is 6.42 Å². The first kappa shape index (κ1) is 16.3. The van der Waals surface area contributed by atoms with Crippen molar-refractivity contribution in [3.63, 3.8) is 0 Å². The van der Waals surface area contributed by atoms with Crippen LogP contribution in [0.1, 0.15) is 5.56 Å². The minimum absolute atomic E-state index is 0.0905. The molecule has 2 atom stereocenters. The summed E-state index contributed by atoms with van der Waals surface area (Å²) in [7, 11) is 0. The van der Waals surface area contributed by atoms with E-state index in [0.29, 0.717) is 32.7 Å². The molecule has 2 heterocycles. The van der Waals surface area contributed by atoms with Gasteiger partial charge in [-0.1, -0.05) is 54.6 Å². The molecule has 25 heavy (non-hydrogen) atoms. The molecule has 1 N–H and O–H groups in total. The highest BCUT2D eigenvalue weighted by Gasteiger charge is 2.51. The molecule has 0 spiro atoms. The summed E-state index contributed by atoms with van der Waals surface area (Å²) in [5.41, 5.74) is 3.12. The fourth-order valence-electron chi connectivity index (χ4n) is 3.98. The van der Waals surface area contributed by atoms with E-state index in [0.717, 1.165) is 11.1 Å². The van der Waals surface area contributed by atoms with Gasteiger partial charge in [0.1, 0.15) is 0 Å². The maximum atomic E-state index is 12.7. The SMILES string of the molecule is O=C(Cc1ccc(-c2ccccc2)cc1)N1C[C@H]2COC[C@@]2(CO)C1. The van der Waals surface area contributed by atoms with E-state index < -0.39 is 0 Å². The molecule has 2 fully saturated rings. The molecular weight excluding hydrogens is 314 g/mol. The van der Waals surface area contributed by atoms with Crippen LogP contribution in [0.25, 0.3) is 11.1 Å². The van der Waals surface area contributed by atoms with Crippen molar-refractivity contribution in [3.8, 4) is 11.1 Å². The summed E-state index contributed by atoms with van der Waals surface area (Å²) >= 11 is 0. The van der Waals surface area contributed by atoms with E-state index in [2.05, 4.69) is 24.3 Å². The van der Waals surface area contributed by atoms with Gasteiger partial charge >= 0.3 is 0 Å². The molecule has 1 amide bonds. The third-order valence-electron chi connectivity index (χ3n) is 5.61. The van der Waals surface area contributed by atoms with Gasteiger partial charge in [0.15, 0.2) is 0 Å². The van der Waals surface area contributed by atoms with E-state index in [1.165, 1.54) is 5.56 Å². The van der Waals surface area contributed by atoms with Crippen molar-refractivity contribution in [1.82, 2.24) is 4.90 Å². The van der Waals surface area contributed by atoms with E-state index in [9.17, 15) is 9.90 Å². The average Bonchev–Trinajstić information content (AvgIpc) is 3.21. The first-order chi connectivity index (χ1) is 12.2. The largest absolute Gasteiger partial charge is 0.396 e. The predicted molar refractivity (Wildman–Crippen MR) is 96.0 cm³/mol. The number of likely N-dealkylation sites (tertiary alicyclic amines) is 1. The van der Waals surface area contributed by atoms with Gasteiger partial charge in [0.2, 0.25) is 5.91 Å². The Morgan fingerprint density at radius 1 is 1.12 bits per heavy atom. The van der Waals surface area contributed by atoms with Crippen molar-refractivity contribution in [2.75, 3.05) is 32.9 Å². The number of benzene rings is 2. The van der Waals surface area contributed by atoms with E-state index in [1.54, 1.807) is 0 Å². The lowest BCUT2D eigenvalue weighted by Crippen LogP contribution is -2.36. The number of rotatable bonds is 4. The number of fused-ring (bicyclic) bond motifs is 1. The summed E-state index contributed by atoms with van der Waals surface area (Å²) in [6, 6.07) is 18.4. The molecule has 2 aromatic rings. The molecule has 0 radical (unpaired) electrons. The van der Waals surface area contributed by atoms with E-state index in [-0.39, 0.29) is 23.8 Å². The molecule has 0 unspecified atom stereocenters. The number of carbonyl (C=O) groups is 1. The summed E-state index contributed by atoms with van der Waals surface area (Å²) in [6.07, 6.45) is 0.407. The maximum Gasteiger partial charge on any atom is 0.227 e. The van der Waals surface area contributed by atoms with E-state index in [4.69, 9.17) is 4.74 Å². The average molecular weight is 337 g/mol. The third kappa shape index (κ3) is 3.08. The number of carbonyl (C=O) groups excluding carboxylic acids is 1. The van der Waals surface area contributed by atoms with Crippen LogP contribution < -0.4 is 0 Å². The normalized spacial score (nSPS) is 25.2. The van der Waals surface area contributed by atoms with E-state index >= 15 is 0 Å². The van der Waals surface area contributed by atoms with Crippen LogP contribution in [-0.4, -0.2) is 48.8 Å². The molecule has 2 saturated heterocycles. The van der Waals surface area contributed by atoms with Crippen LogP contribution in [0.15, 0.2) is 54.6 Å². The molecule has 0 aromatic heterocycles.